The first-order valence-corrected chi connectivity index (χ1v) is 5.02. The first kappa shape index (κ1) is 9.40. The molecule has 2 rings (SSSR count). The Labute approximate surface area is 88.3 Å². The third kappa shape index (κ3) is 1.46. The number of nitrogens with two attached hydrogens (primary N) is 1. The molecule has 14 heavy (non-hydrogen) atoms. The summed E-state index contributed by atoms with van der Waals surface area (Å²) >= 11 is 4.34. The van der Waals surface area contributed by atoms with Crippen LogP contribution in [0.25, 0.3) is 0 Å². The van der Waals surface area contributed by atoms with E-state index in [1.807, 2.05) is 18.2 Å². The van der Waals surface area contributed by atoms with E-state index in [0.29, 0.717) is 6.54 Å². The Balaban J connectivity index is 2.52. The summed E-state index contributed by atoms with van der Waals surface area (Å²) < 4.78 is 0. The van der Waals surface area contributed by atoms with Gasteiger partial charge >= 0.3 is 6.03 Å². The maximum absolute atomic E-state index is 11.2. The highest BCUT2D eigenvalue weighted by Gasteiger charge is 2.22. The molecular formula is C10H12N2OS. The summed E-state index contributed by atoms with van der Waals surface area (Å²) in [5.74, 6) is 0. The minimum absolute atomic E-state index is 0.396. The maximum atomic E-state index is 11.2. The molecule has 3 nitrogen and oxygen atoms in total. The summed E-state index contributed by atoms with van der Waals surface area (Å²) in [4.78, 5) is 13.6. The molecule has 0 aliphatic carbocycles. The predicted octanol–water partition coefficient (Wildman–Crippen LogP) is 1.81. The van der Waals surface area contributed by atoms with Crippen LogP contribution in [0.3, 0.4) is 0 Å². The quantitative estimate of drug-likeness (QED) is 0.627. The van der Waals surface area contributed by atoms with E-state index in [2.05, 4.69) is 12.6 Å². The maximum Gasteiger partial charge on any atom is 0.319 e. The number of fused-ring (bicyclic) bond motifs is 1. The van der Waals surface area contributed by atoms with Crippen molar-refractivity contribution in [2.45, 2.75) is 17.7 Å². The molecule has 2 amide bonds. The van der Waals surface area contributed by atoms with Gasteiger partial charge in [-0.3, -0.25) is 4.90 Å². The zero-order chi connectivity index (χ0) is 10.1. The summed E-state index contributed by atoms with van der Waals surface area (Å²) in [6.07, 6.45) is 1.96. The van der Waals surface area contributed by atoms with Crippen molar-refractivity contribution in [1.29, 1.82) is 0 Å². The van der Waals surface area contributed by atoms with E-state index >= 15 is 0 Å². The number of nitrogens with zero attached hydrogens (tertiary/aromatic N) is 1. The Hall–Kier alpha value is -1.16. The number of benzene rings is 1. The average molecular weight is 208 g/mol. The van der Waals surface area contributed by atoms with Crippen LogP contribution in [0.1, 0.15) is 12.0 Å². The van der Waals surface area contributed by atoms with Crippen molar-refractivity contribution < 1.29 is 4.79 Å². The normalized spacial score (nSPS) is 15.1. The van der Waals surface area contributed by atoms with E-state index in [9.17, 15) is 4.79 Å². The van der Waals surface area contributed by atoms with Gasteiger partial charge in [-0.1, -0.05) is 12.1 Å². The van der Waals surface area contributed by atoms with Crippen LogP contribution in [0.2, 0.25) is 0 Å². The lowest BCUT2D eigenvalue weighted by Crippen LogP contribution is -2.39. The Kier molecular flexibility index (Phi) is 2.37. The molecule has 1 aromatic rings. The second-order valence-electron chi connectivity index (χ2n) is 3.38. The Morgan fingerprint density at radius 2 is 2.29 bits per heavy atom. The summed E-state index contributed by atoms with van der Waals surface area (Å²) in [5.41, 5.74) is 7.34. The molecule has 0 unspecified atom stereocenters. The smallest absolute Gasteiger partial charge is 0.319 e. The Morgan fingerprint density at radius 1 is 1.50 bits per heavy atom. The van der Waals surface area contributed by atoms with Gasteiger partial charge in [0.2, 0.25) is 0 Å². The van der Waals surface area contributed by atoms with E-state index in [1.54, 1.807) is 4.90 Å². The lowest BCUT2D eigenvalue weighted by Gasteiger charge is -2.29. The highest BCUT2D eigenvalue weighted by atomic mass is 32.1. The standard InChI is InChI=1S/C10H12N2OS/c11-10(13)12-6-2-4-7-3-1-5-8(14)9(7)12/h1,3,5,14H,2,4,6H2,(H2,11,13). The number of primary amides is 1. The second-order valence-corrected chi connectivity index (χ2v) is 3.86. The minimum atomic E-state index is -0.396. The van der Waals surface area contributed by atoms with Gasteiger partial charge in [-0.2, -0.15) is 0 Å². The van der Waals surface area contributed by atoms with E-state index in [-0.39, 0.29) is 0 Å². The molecule has 0 radical (unpaired) electrons. The van der Waals surface area contributed by atoms with Gasteiger partial charge in [0, 0.05) is 11.4 Å². The zero-order valence-electron chi connectivity index (χ0n) is 7.73. The van der Waals surface area contributed by atoms with Gasteiger partial charge in [0.1, 0.15) is 0 Å². The lowest BCUT2D eigenvalue weighted by molar-refractivity contribution is 0.253. The molecule has 0 spiro atoms. The van der Waals surface area contributed by atoms with Crippen molar-refractivity contribution in [2.75, 3.05) is 11.4 Å². The number of aryl methyl sites for hydroxylation is 1. The number of urea groups is 1. The molecule has 2 N–H and O–H groups in total. The summed E-state index contributed by atoms with van der Waals surface area (Å²) in [7, 11) is 0. The second kappa shape index (κ2) is 3.53. The molecule has 74 valence electrons. The Bertz CT molecular complexity index is 378. The first-order chi connectivity index (χ1) is 6.70. The van der Waals surface area contributed by atoms with Crippen molar-refractivity contribution in [3.63, 3.8) is 0 Å². The largest absolute Gasteiger partial charge is 0.351 e. The summed E-state index contributed by atoms with van der Waals surface area (Å²) in [6, 6.07) is 5.45. The third-order valence-electron chi connectivity index (χ3n) is 2.46. The number of carbonyl (C=O) groups excluding carboxylic acids is 1. The highest BCUT2D eigenvalue weighted by Crippen LogP contribution is 2.32. The molecule has 0 aromatic heterocycles. The number of amides is 2. The fourth-order valence-corrected chi connectivity index (χ4v) is 2.20. The van der Waals surface area contributed by atoms with Crippen LogP contribution in [-0.4, -0.2) is 12.6 Å². The molecule has 4 heteroatoms. The van der Waals surface area contributed by atoms with Crippen LogP contribution in [0.15, 0.2) is 23.1 Å². The number of hydrogen-bond donors (Lipinski definition) is 2. The summed E-state index contributed by atoms with van der Waals surface area (Å²) in [6.45, 7) is 0.694. The molecule has 0 fully saturated rings. The van der Waals surface area contributed by atoms with Crippen LogP contribution in [0.5, 0.6) is 0 Å². The number of carbonyl (C=O) groups is 1. The van der Waals surface area contributed by atoms with Crippen molar-refractivity contribution in [3.8, 4) is 0 Å². The van der Waals surface area contributed by atoms with Gasteiger partial charge in [-0.15, -0.1) is 12.6 Å². The van der Waals surface area contributed by atoms with Crippen LogP contribution in [-0.2, 0) is 6.42 Å². The van der Waals surface area contributed by atoms with Gasteiger partial charge in [0.15, 0.2) is 0 Å². The van der Waals surface area contributed by atoms with E-state index in [4.69, 9.17) is 5.73 Å². The van der Waals surface area contributed by atoms with Gasteiger partial charge in [-0.25, -0.2) is 4.79 Å². The topological polar surface area (TPSA) is 46.3 Å². The zero-order valence-corrected chi connectivity index (χ0v) is 8.63. The molecule has 0 bridgehead atoms. The SMILES string of the molecule is NC(=O)N1CCCc2cccc(S)c21. The van der Waals surface area contributed by atoms with Gasteiger partial charge in [-0.05, 0) is 24.5 Å². The molecule has 1 aliphatic rings. The fourth-order valence-electron chi connectivity index (χ4n) is 1.85. The van der Waals surface area contributed by atoms with Crippen LogP contribution in [0, 0.1) is 0 Å². The van der Waals surface area contributed by atoms with Crippen LogP contribution >= 0.6 is 12.6 Å². The third-order valence-corrected chi connectivity index (χ3v) is 2.82. The first-order valence-electron chi connectivity index (χ1n) is 4.58. The van der Waals surface area contributed by atoms with E-state index < -0.39 is 6.03 Å². The van der Waals surface area contributed by atoms with Crippen LogP contribution < -0.4 is 10.6 Å². The van der Waals surface area contributed by atoms with Crippen molar-refractivity contribution in [3.05, 3.63) is 23.8 Å². The number of para-hydroxylation sites is 1. The van der Waals surface area contributed by atoms with Gasteiger partial charge < -0.3 is 5.73 Å². The number of hydrogen-bond acceptors (Lipinski definition) is 2. The van der Waals surface area contributed by atoms with Crippen molar-refractivity contribution in [2.24, 2.45) is 5.73 Å². The highest BCUT2D eigenvalue weighted by molar-refractivity contribution is 7.80. The fraction of sp³-hybridized carbons (Fsp3) is 0.300. The minimum Gasteiger partial charge on any atom is -0.351 e. The molecule has 0 saturated carbocycles. The Morgan fingerprint density at radius 3 is 3.00 bits per heavy atom. The van der Waals surface area contributed by atoms with Crippen molar-refractivity contribution in [1.82, 2.24) is 0 Å². The van der Waals surface area contributed by atoms with Crippen LogP contribution in [0.4, 0.5) is 10.5 Å². The van der Waals surface area contributed by atoms with Gasteiger partial charge in [0.25, 0.3) is 0 Å². The number of thiol groups is 1. The molecule has 1 heterocycles. The summed E-state index contributed by atoms with van der Waals surface area (Å²) in [5, 5.41) is 0. The number of rotatable bonds is 0. The van der Waals surface area contributed by atoms with Crippen molar-refractivity contribution >= 4 is 24.3 Å². The molecule has 1 aliphatic heterocycles. The van der Waals surface area contributed by atoms with E-state index in [1.165, 1.54) is 0 Å². The monoisotopic (exact) mass is 208 g/mol. The predicted molar refractivity (Wildman–Crippen MR) is 58.9 cm³/mol. The molecule has 0 atom stereocenters. The van der Waals surface area contributed by atoms with E-state index in [0.717, 1.165) is 29.0 Å². The molecule has 1 aromatic carbocycles. The average Bonchev–Trinajstić information content (AvgIpc) is 2.17. The molecular weight excluding hydrogens is 196 g/mol. The lowest BCUT2D eigenvalue weighted by atomic mass is 10.0. The number of anilines is 1. The molecule has 0 saturated heterocycles. The van der Waals surface area contributed by atoms with Gasteiger partial charge in [0.05, 0.1) is 5.69 Å².